The van der Waals surface area contributed by atoms with Gasteiger partial charge in [0.2, 0.25) is 0 Å². The van der Waals surface area contributed by atoms with E-state index < -0.39 is 7.60 Å². The molecule has 5 rings (SSSR count). The summed E-state index contributed by atoms with van der Waals surface area (Å²) < 4.78 is 26.0. The lowest BCUT2D eigenvalue weighted by Gasteiger charge is -2.58. The minimum Gasteiger partial charge on any atom is -0.305 e. The van der Waals surface area contributed by atoms with E-state index in [4.69, 9.17) is 9.05 Å². The summed E-state index contributed by atoms with van der Waals surface area (Å²) in [6, 6.07) is 9.55. The molecule has 3 fully saturated rings. The SMILES string of the molecule is CCOP(=O)(O[C@H]1CC[C@@]2(C)C(=CC[C@@H]3[C@@H]2CC[C@]2(C)C([C@H](C)CCCC(C)C)CC[C@@H]32)C1)c1ccccc1. The van der Waals surface area contributed by atoms with Crippen LogP contribution in [0.25, 0.3) is 0 Å². The van der Waals surface area contributed by atoms with Crippen molar-refractivity contribution in [3.63, 3.8) is 0 Å². The molecule has 39 heavy (non-hydrogen) atoms. The summed E-state index contributed by atoms with van der Waals surface area (Å²) in [4.78, 5) is 0. The maximum atomic E-state index is 13.8. The number of rotatable bonds is 10. The van der Waals surface area contributed by atoms with Gasteiger partial charge in [-0.25, -0.2) is 0 Å². The van der Waals surface area contributed by atoms with Crippen LogP contribution in [0.5, 0.6) is 0 Å². The van der Waals surface area contributed by atoms with Crippen molar-refractivity contribution in [2.24, 2.45) is 46.3 Å². The molecule has 4 heteroatoms. The number of hydrogen-bond donors (Lipinski definition) is 0. The molecule has 1 aromatic rings. The Hall–Kier alpha value is -0.890. The molecule has 0 spiro atoms. The molecule has 4 aliphatic rings. The van der Waals surface area contributed by atoms with Crippen LogP contribution in [0.3, 0.4) is 0 Å². The number of allylic oxidation sites excluding steroid dienone is 1. The van der Waals surface area contributed by atoms with E-state index >= 15 is 0 Å². The highest BCUT2D eigenvalue weighted by molar-refractivity contribution is 7.62. The van der Waals surface area contributed by atoms with Crippen molar-refractivity contribution in [2.75, 3.05) is 6.61 Å². The van der Waals surface area contributed by atoms with Crippen LogP contribution >= 0.6 is 7.60 Å². The minimum atomic E-state index is -3.32. The number of benzene rings is 1. The van der Waals surface area contributed by atoms with E-state index in [9.17, 15) is 4.57 Å². The van der Waals surface area contributed by atoms with E-state index in [1.807, 2.05) is 37.3 Å². The average molecular weight is 555 g/mol. The van der Waals surface area contributed by atoms with E-state index in [-0.39, 0.29) is 11.5 Å². The summed E-state index contributed by atoms with van der Waals surface area (Å²) in [6.07, 6.45) is 16.7. The third-order valence-corrected chi connectivity index (χ3v) is 14.0. The Bertz CT molecular complexity index is 1050. The fourth-order valence-corrected chi connectivity index (χ4v) is 11.7. The van der Waals surface area contributed by atoms with Crippen molar-refractivity contribution in [2.45, 2.75) is 118 Å². The van der Waals surface area contributed by atoms with Gasteiger partial charge in [0.15, 0.2) is 0 Å². The molecule has 0 bridgehead atoms. The second-order valence-electron chi connectivity index (χ2n) is 14.5. The van der Waals surface area contributed by atoms with Crippen molar-refractivity contribution in [1.29, 1.82) is 0 Å². The molecule has 0 radical (unpaired) electrons. The molecule has 4 aliphatic carbocycles. The van der Waals surface area contributed by atoms with Gasteiger partial charge < -0.3 is 9.05 Å². The first-order chi connectivity index (χ1) is 18.6. The van der Waals surface area contributed by atoms with Gasteiger partial charge in [-0.15, -0.1) is 0 Å². The topological polar surface area (TPSA) is 35.5 Å². The zero-order valence-corrected chi connectivity index (χ0v) is 26.6. The van der Waals surface area contributed by atoms with Crippen LogP contribution in [0.1, 0.15) is 112 Å². The van der Waals surface area contributed by atoms with Crippen molar-refractivity contribution in [3.05, 3.63) is 42.0 Å². The Labute approximate surface area is 239 Å². The van der Waals surface area contributed by atoms with E-state index in [0.717, 1.165) is 54.8 Å². The molecule has 2 unspecified atom stereocenters. The summed E-state index contributed by atoms with van der Waals surface area (Å²) in [5, 5.41) is 0.679. The van der Waals surface area contributed by atoms with Gasteiger partial charge in [0, 0.05) is 0 Å². The van der Waals surface area contributed by atoms with Crippen molar-refractivity contribution < 1.29 is 13.6 Å². The molecule has 3 nitrogen and oxygen atoms in total. The molecule has 3 saturated carbocycles. The van der Waals surface area contributed by atoms with Gasteiger partial charge in [0.05, 0.1) is 18.0 Å². The Morgan fingerprint density at radius 2 is 1.74 bits per heavy atom. The first-order valence-electron chi connectivity index (χ1n) is 16.3. The van der Waals surface area contributed by atoms with Gasteiger partial charge in [-0.05, 0) is 117 Å². The highest BCUT2D eigenvalue weighted by atomic mass is 31.2. The van der Waals surface area contributed by atoms with Gasteiger partial charge in [0.1, 0.15) is 0 Å². The maximum Gasteiger partial charge on any atom is 0.361 e. The lowest BCUT2D eigenvalue weighted by atomic mass is 9.47. The highest BCUT2D eigenvalue weighted by Crippen LogP contribution is 2.67. The van der Waals surface area contributed by atoms with Gasteiger partial charge in [-0.3, -0.25) is 4.57 Å². The Morgan fingerprint density at radius 1 is 0.974 bits per heavy atom. The third-order valence-electron chi connectivity index (χ3n) is 11.9. The quantitative estimate of drug-likeness (QED) is 0.213. The third kappa shape index (κ3) is 5.63. The fraction of sp³-hybridized carbons (Fsp3) is 0.771. The van der Waals surface area contributed by atoms with Crippen molar-refractivity contribution in [3.8, 4) is 0 Å². The zero-order valence-electron chi connectivity index (χ0n) is 25.7. The summed E-state index contributed by atoms with van der Waals surface area (Å²) in [5.41, 5.74) is 2.38. The van der Waals surface area contributed by atoms with E-state index in [0.29, 0.717) is 17.3 Å². The molecule has 218 valence electrons. The predicted octanol–water partition coefficient (Wildman–Crippen LogP) is 9.97. The Morgan fingerprint density at radius 3 is 2.46 bits per heavy atom. The average Bonchev–Trinajstić information content (AvgIpc) is 3.26. The van der Waals surface area contributed by atoms with E-state index in [1.165, 1.54) is 51.4 Å². The first kappa shape index (κ1) is 29.6. The second-order valence-corrected chi connectivity index (χ2v) is 16.5. The zero-order chi connectivity index (χ0) is 27.8. The molecule has 9 atom stereocenters. The molecule has 1 aromatic carbocycles. The molecule has 0 aromatic heterocycles. The summed E-state index contributed by atoms with van der Waals surface area (Å²) >= 11 is 0. The van der Waals surface area contributed by atoms with E-state index in [1.54, 1.807) is 5.57 Å². The molecule has 0 amide bonds. The molecule has 0 saturated heterocycles. The summed E-state index contributed by atoms with van der Waals surface area (Å²) in [7, 11) is -3.32. The van der Waals surface area contributed by atoms with Crippen LogP contribution < -0.4 is 5.30 Å². The van der Waals surface area contributed by atoms with Gasteiger partial charge in [-0.1, -0.05) is 83.7 Å². The van der Waals surface area contributed by atoms with Crippen LogP contribution in [0.15, 0.2) is 42.0 Å². The standard InChI is InChI=1S/C35H55O3P/c1-7-37-39(36,29-14-9-8-10-15-29)38-28-20-22-34(5)27(24-28)16-17-30-32-19-18-31(26(4)13-11-12-25(2)3)35(32,6)23-21-33(30)34/h8-10,14-16,25-26,28,30-33H,7,11-13,17-24H2,1-6H3/t26-,28+,30+,31?,32+,33+,34+,35-,39?/m1/s1. The van der Waals surface area contributed by atoms with Crippen LogP contribution in [0.2, 0.25) is 0 Å². The van der Waals surface area contributed by atoms with Crippen molar-refractivity contribution in [1.82, 2.24) is 0 Å². The molecule has 0 heterocycles. The second kappa shape index (κ2) is 11.8. The van der Waals surface area contributed by atoms with Crippen LogP contribution in [0, 0.1) is 46.3 Å². The van der Waals surface area contributed by atoms with Gasteiger partial charge in [-0.2, -0.15) is 0 Å². The normalized spacial score (nSPS) is 38.3. The first-order valence-corrected chi connectivity index (χ1v) is 17.8. The summed E-state index contributed by atoms with van der Waals surface area (Å²) in [5.74, 6) is 5.10. The molecular weight excluding hydrogens is 499 g/mol. The van der Waals surface area contributed by atoms with Gasteiger partial charge >= 0.3 is 7.60 Å². The maximum absolute atomic E-state index is 13.8. The fourth-order valence-electron chi connectivity index (χ4n) is 9.88. The van der Waals surface area contributed by atoms with Crippen LogP contribution in [0.4, 0.5) is 0 Å². The monoisotopic (exact) mass is 554 g/mol. The van der Waals surface area contributed by atoms with Crippen LogP contribution in [-0.4, -0.2) is 12.7 Å². The molecular formula is C35H55O3P. The Balaban J connectivity index is 1.28. The number of hydrogen-bond acceptors (Lipinski definition) is 3. The predicted molar refractivity (Wildman–Crippen MR) is 163 cm³/mol. The highest BCUT2D eigenvalue weighted by Gasteiger charge is 2.59. The number of fused-ring (bicyclic) bond motifs is 5. The van der Waals surface area contributed by atoms with E-state index in [2.05, 4.69) is 40.7 Å². The lowest BCUT2D eigenvalue weighted by molar-refractivity contribution is -0.0563. The smallest absolute Gasteiger partial charge is 0.305 e. The molecule has 0 aliphatic heterocycles. The summed E-state index contributed by atoms with van der Waals surface area (Å²) in [6.45, 7) is 14.8. The van der Waals surface area contributed by atoms with Crippen LogP contribution in [-0.2, 0) is 13.6 Å². The Kier molecular flexibility index (Phi) is 8.93. The lowest BCUT2D eigenvalue weighted by Crippen LogP contribution is -2.51. The van der Waals surface area contributed by atoms with Gasteiger partial charge in [0.25, 0.3) is 0 Å². The minimum absolute atomic E-state index is 0.0325. The largest absolute Gasteiger partial charge is 0.361 e. The molecule has 0 N–H and O–H groups in total. The van der Waals surface area contributed by atoms with Crippen molar-refractivity contribution >= 4 is 12.9 Å².